The van der Waals surface area contributed by atoms with Crippen molar-refractivity contribution in [2.75, 3.05) is 9.80 Å². The van der Waals surface area contributed by atoms with Crippen LogP contribution < -0.4 is 26.2 Å². The van der Waals surface area contributed by atoms with Gasteiger partial charge in [-0.1, -0.05) is 158 Å². The summed E-state index contributed by atoms with van der Waals surface area (Å²) in [6.07, 6.45) is 4.73. The van der Waals surface area contributed by atoms with Gasteiger partial charge in [-0.2, -0.15) is 0 Å². The van der Waals surface area contributed by atoms with Crippen LogP contribution in [0.25, 0.3) is 22.1 Å². The highest BCUT2D eigenvalue weighted by Crippen LogP contribution is 2.54. The zero-order valence-corrected chi connectivity index (χ0v) is 43.8. The minimum absolute atomic E-state index is 0.0184. The van der Waals surface area contributed by atoms with Crippen LogP contribution in [0.1, 0.15) is 180 Å². The van der Waals surface area contributed by atoms with Gasteiger partial charge in [0.25, 0.3) is 6.71 Å². The van der Waals surface area contributed by atoms with Crippen molar-refractivity contribution in [3.8, 4) is 11.1 Å². The number of nitrogens with zero attached hydrogens (tertiary/aromatic N) is 2. The largest absolute Gasteiger partial charge is 0.440 e. The zero-order valence-electron chi connectivity index (χ0n) is 43.8. The van der Waals surface area contributed by atoms with Gasteiger partial charge in [0.05, 0.1) is 5.69 Å². The molecule has 1 aromatic heterocycles. The third-order valence-corrected chi connectivity index (χ3v) is 17.0. The van der Waals surface area contributed by atoms with Crippen molar-refractivity contribution >= 4 is 68.4 Å². The van der Waals surface area contributed by atoms with Crippen LogP contribution in [-0.2, 0) is 27.1 Å². The van der Waals surface area contributed by atoms with Crippen LogP contribution >= 0.6 is 0 Å². The Balaban J connectivity index is 1.32. The maximum absolute atomic E-state index is 7.53. The lowest BCUT2D eigenvalue weighted by Crippen LogP contribution is -2.61. The van der Waals surface area contributed by atoms with Gasteiger partial charge in [-0.15, -0.1) is 0 Å². The maximum Gasteiger partial charge on any atom is 0.257 e. The first-order valence-corrected chi connectivity index (χ1v) is 25.8. The first kappa shape index (κ1) is 45.0. The number of hydrogen-bond acceptors (Lipinski definition) is 3. The predicted molar refractivity (Wildman–Crippen MR) is 293 cm³/mol. The zero-order chi connectivity index (χ0) is 48.2. The SMILES string of the molecule is CC1CCC(C)c2cc3c4c(oc3cc21)N(c1ccc(C(C)(C)C)cc1)c1cc(C(C)(C)C)cc2c1B4c1cc3c(cc1N2c1ccc(C(C)(C)C)cc1-c1ccccc1)C(C)(C)CCC3(C)C. The van der Waals surface area contributed by atoms with Gasteiger partial charge >= 0.3 is 0 Å². The first-order chi connectivity index (χ1) is 31.9. The minimum Gasteiger partial charge on any atom is -0.440 e. The summed E-state index contributed by atoms with van der Waals surface area (Å²) >= 11 is 0. The lowest BCUT2D eigenvalue weighted by atomic mass is 9.33. The van der Waals surface area contributed by atoms with Crippen molar-refractivity contribution in [1.29, 1.82) is 0 Å². The number of furan rings is 1. The molecule has 4 aliphatic rings. The van der Waals surface area contributed by atoms with Crippen LogP contribution in [-0.4, -0.2) is 6.71 Å². The minimum atomic E-state index is -0.144. The van der Waals surface area contributed by atoms with Gasteiger partial charge in [-0.25, -0.2) is 0 Å². The molecular formula is C64H73BN2O. The third kappa shape index (κ3) is 6.96. The number of rotatable bonds is 3. The van der Waals surface area contributed by atoms with Crippen molar-refractivity contribution in [1.82, 2.24) is 0 Å². The second-order valence-electron chi connectivity index (χ2n) is 25.8. The van der Waals surface area contributed by atoms with Crippen LogP contribution in [0.15, 0.2) is 114 Å². The van der Waals surface area contributed by atoms with E-state index >= 15 is 0 Å². The molecule has 0 amide bonds. The third-order valence-electron chi connectivity index (χ3n) is 17.0. The smallest absolute Gasteiger partial charge is 0.257 e. The molecule has 0 saturated heterocycles. The Labute approximate surface area is 408 Å². The molecule has 0 fully saturated rings. The molecule has 0 saturated carbocycles. The molecule has 3 nitrogen and oxygen atoms in total. The molecule has 0 spiro atoms. The molecule has 11 rings (SSSR count). The summed E-state index contributed by atoms with van der Waals surface area (Å²) in [7, 11) is 0. The summed E-state index contributed by atoms with van der Waals surface area (Å²) in [5.41, 5.74) is 23.4. The molecule has 2 aliphatic heterocycles. The standard InChI is InChI=1S/C64H73BN2O/c1-38-21-22-39(2)46-35-56-48(34-45(38)46)57-59(68-56)66(44-26-23-41(24-27-44)60(3,4)5)54-32-43(62(9,10)11)33-55-58(54)65(57)51-36-49-50(64(14,15)30-29-63(49,12)13)37-53(51)67(55)52-28-25-42(61(6,7)8)31-47(52)40-19-17-16-18-20-40/h16-20,23-28,31-39H,21-22,29-30H2,1-15H3. The molecule has 4 heteroatoms. The lowest BCUT2D eigenvalue weighted by molar-refractivity contribution is 0.332. The summed E-state index contributed by atoms with van der Waals surface area (Å²) in [5, 5.41) is 1.26. The second-order valence-corrected chi connectivity index (χ2v) is 25.8. The number of hydrogen-bond donors (Lipinski definition) is 0. The molecule has 7 aromatic rings. The summed E-state index contributed by atoms with van der Waals surface area (Å²) < 4.78 is 7.53. The molecule has 68 heavy (non-hydrogen) atoms. The van der Waals surface area contributed by atoms with Crippen molar-refractivity contribution < 1.29 is 4.42 Å². The predicted octanol–water partition coefficient (Wildman–Crippen LogP) is 16.4. The fourth-order valence-corrected chi connectivity index (χ4v) is 12.4. The van der Waals surface area contributed by atoms with E-state index in [-0.39, 0.29) is 33.8 Å². The van der Waals surface area contributed by atoms with Gasteiger partial charge < -0.3 is 9.32 Å². The molecule has 2 atom stereocenters. The van der Waals surface area contributed by atoms with Gasteiger partial charge in [-0.3, -0.25) is 4.90 Å². The average Bonchev–Trinajstić information content (AvgIpc) is 3.65. The van der Waals surface area contributed by atoms with Gasteiger partial charge in [0.1, 0.15) is 5.58 Å². The summed E-state index contributed by atoms with van der Waals surface area (Å²) in [5.74, 6) is 1.95. The van der Waals surface area contributed by atoms with Crippen molar-refractivity contribution in [3.63, 3.8) is 0 Å². The van der Waals surface area contributed by atoms with Crippen LogP contribution in [0.5, 0.6) is 0 Å². The van der Waals surface area contributed by atoms with E-state index in [9.17, 15) is 0 Å². The normalized spacial score (nSPS) is 19.3. The Morgan fingerprint density at radius 2 is 1.09 bits per heavy atom. The fourth-order valence-electron chi connectivity index (χ4n) is 12.4. The molecule has 0 bridgehead atoms. The van der Waals surface area contributed by atoms with Gasteiger partial charge in [0.2, 0.25) is 5.88 Å². The van der Waals surface area contributed by atoms with Crippen LogP contribution in [0.4, 0.5) is 34.3 Å². The Morgan fingerprint density at radius 3 is 1.69 bits per heavy atom. The molecule has 2 unspecified atom stereocenters. The maximum atomic E-state index is 7.53. The Bertz CT molecular complexity index is 3160. The highest BCUT2D eigenvalue weighted by atomic mass is 16.4. The molecule has 0 N–H and O–H groups in total. The highest BCUT2D eigenvalue weighted by molar-refractivity contribution is 7.01. The van der Waals surface area contributed by atoms with Crippen LogP contribution in [0.3, 0.4) is 0 Å². The Kier molecular flexibility index (Phi) is 9.93. The van der Waals surface area contributed by atoms with E-state index in [0.29, 0.717) is 11.8 Å². The Morgan fingerprint density at radius 1 is 0.529 bits per heavy atom. The second kappa shape index (κ2) is 15.0. The topological polar surface area (TPSA) is 19.6 Å². The number of anilines is 6. The van der Waals surface area contributed by atoms with E-state index < -0.39 is 0 Å². The van der Waals surface area contributed by atoms with Crippen LogP contribution in [0, 0.1) is 0 Å². The van der Waals surface area contributed by atoms with E-state index in [4.69, 9.17) is 4.42 Å². The molecule has 2 aliphatic carbocycles. The van der Waals surface area contributed by atoms with Gasteiger partial charge in [0, 0.05) is 39.2 Å². The lowest BCUT2D eigenvalue weighted by Gasteiger charge is -2.47. The Hall–Kier alpha value is -5.48. The summed E-state index contributed by atoms with van der Waals surface area (Å²) in [6, 6.07) is 43.2. The quantitative estimate of drug-likeness (QED) is 0.165. The van der Waals surface area contributed by atoms with E-state index in [1.54, 1.807) is 0 Å². The van der Waals surface area contributed by atoms with Gasteiger partial charge in [-0.05, 0) is 175 Å². The number of benzene rings is 6. The van der Waals surface area contributed by atoms with Crippen molar-refractivity contribution in [2.24, 2.45) is 0 Å². The molecule has 348 valence electrons. The average molecular weight is 897 g/mol. The number of fused-ring (bicyclic) bond motifs is 8. The van der Waals surface area contributed by atoms with Crippen LogP contribution in [0.2, 0.25) is 0 Å². The molecule has 6 aromatic carbocycles. The van der Waals surface area contributed by atoms with Gasteiger partial charge in [0.15, 0.2) is 0 Å². The van der Waals surface area contributed by atoms with E-state index in [1.807, 2.05) is 0 Å². The van der Waals surface area contributed by atoms with E-state index in [0.717, 1.165) is 30.0 Å². The van der Waals surface area contributed by atoms with Crippen molar-refractivity contribution in [2.45, 2.75) is 168 Å². The molecule has 3 heterocycles. The fraction of sp³-hybridized carbons (Fsp3) is 0.406. The molecule has 0 radical (unpaired) electrons. The summed E-state index contributed by atoms with van der Waals surface area (Å²) in [6.45, 7) is 35.8. The van der Waals surface area contributed by atoms with E-state index in [1.165, 1.54) is 107 Å². The summed E-state index contributed by atoms with van der Waals surface area (Å²) in [4.78, 5) is 5.21. The molecular weight excluding hydrogens is 824 g/mol. The first-order valence-electron chi connectivity index (χ1n) is 25.8. The highest BCUT2D eigenvalue weighted by Gasteiger charge is 2.49. The van der Waals surface area contributed by atoms with E-state index in [2.05, 4.69) is 223 Å². The monoisotopic (exact) mass is 897 g/mol. The van der Waals surface area contributed by atoms with Crippen molar-refractivity contribution in [3.05, 3.63) is 148 Å².